The number of hydrogen-bond donors (Lipinski definition) is 0. The molecule has 0 rings (SSSR count). The SMILES string of the molecule is CCCCC(CCC)C(C(C)C)C(C)(C)C. The van der Waals surface area contributed by atoms with Crippen molar-refractivity contribution >= 4 is 0 Å². The van der Waals surface area contributed by atoms with Gasteiger partial charge in [-0.2, -0.15) is 0 Å². The second kappa shape index (κ2) is 7.35. The van der Waals surface area contributed by atoms with Crippen LogP contribution in [0.1, 0.15) is 80.6 Å². The van der Waals surface area contributed by atoms with E-state index in [4.69, 9.17) is 0 Å². The fourth-order valence-electron chi connectivity index (χ4n) is 3.59. The molecule has 2 atom stereocenters. The number of hydrogen-bond acceptors (Lipinski definition) is 0. The first kappa shape index (κ1) is 16.0. The van der Waals surface area contributed by atoms with Gasteiger partial charge in [0.25, 0.3) is 0 Å². The molecular formula is C16H34. The molecule has 0 spiro atoms. The predicted octanol–water partition coefficient (Wildman–Crippen LogP) is 5.91. The molecule has 16 heavy (non-hydrogen) atoms. The average Bonchev–Trinajstić information content (AvgIpc) is 2.11. The van der Waals surface area contributed by atoms with E-state index in [9.17, 15) is 0 Å². The van der Waals surface area contributed by atoms with Crippen LogP contribution in [-0.4, -0.2) is 0 Å². The molecule has 0 aliphatic carbocycles. The Labute approximate surface area is 104 Å². The zero-order chi connectivity index (χ0) is 12.8. The highest BCUT2D eigenvalue weighted by Crippen LogP contribution is 2.41. The van der Waals surface area contributed by atoms with Gasteiger partial charge in [-0.1, -0.05) is 80.6 Å². The molecule has 0 bridgehead atoms. The molecule has 0 saturated heterocycles. The molecule has 0 saturated carbocycles. The van der Waals surface area contributed by atoms with Crippen molar-refractivity contribution < 1.29 is 0 Å². The topological polar surface area (TPSA) is 0 Å². The summed E-state index contributed by atoms with van der Waals surface area (Å²) in [6.45, 7) is 16.7. The van der Waals surface area contributed by atoms with Crippen LogP contribution in [0.25, 0.3) is 0 Å². The van der Waals surface area contributed by atoms with Crippen LogP contribution in [-0.2, 0) is 0 Å². The molecule has 0 nitrogen and oxygen atoms in total. The van der Waals surface area contributed by atoms with Crippen molar-refractivity contribution in [1.82, 2.24) is 0 Å². The third-order valence-corrected chi connectivity index (χ3v) is 3.81. The van der Waals surface area contributed by atoms with Crippen molar-refractivity contribution in [3.8, 4) is 0 Å². The van der Waals surface area contributed by atoms with Crippen molar-refractivity contribution in [2.24, 2.45) is 23.2 Å². The van der Waals surface area contributed by atoms with Crippen LogP contribution < -0.4 is 0 Å². The summed E-state index contributed by atoms with van der Waals surface area (Å²) in [5, 5.41) is 0. The lowest BCUT2D eigenvalue weighted by Crippen LogP contribution is -2.32. The molecule has 0 aromatic heterocycles. The maximum atomic E-state index is 2.42. The average molecular weight is 226 g/mol. The van der Waals surface area contributed by atoms with Crippen molar-refractivity contribution in [3.05, 3.63) is 0 Å². The third kappa shape index (κ3) is 5.37. The zero-order valence-electron chi connectivity index (χ0n) is 12.8. The normalized spacial score (nSPS) is 16.5. The Balaban J connectivity index is 4.66. The highest BCUT2D eigenvalue weighted by Gasteiger charge is 2.33. The molecule has 98 valence electrons. The second-order valence-corrected chi connectivity index (χ2v) is 6.83. The van der Waals surface area contributed by atoms with Gasteiger partial charge in [-0.05, 0) is 23.2 Å². The van der Waals surface area contributed by atoms with E-state index in [2.05, 4.69) is 48.5 Å². The molecule has 0 amide bonds. The van der Waals surface area contributed by atoms with Gasteiger partial charge in [0.05, 0.1) is 0 Å². The van der Waals surface area contributed by atoms with E-state index in [1.54, 1.807) is 0 Å². The maximum Gasteiger partial charge on any atom is -0.0314 e. The standard InChI is InChI=1S/C16H34/c1-8-10-12-14(11-9-2)15(13(3)4)16(5,6)7/h13-15H,8-12H2,1-7H3. The summed E-state index contributed by atoms with van der Waals surface area (Å²) in [7, 11) is 0. The van der Waals surface area contributed by atoms with Gasteiger partial charge >= 0.3 is 0 Å². The van der Waals surface area contributed by atoms with Crippen LogP contribution >= 0.6 is 0 Å². The van der Waals surface area contributed by atoms with E-state index in [1.807, 2.05) is 0 Å². The molecule has 0 aromatic carbocycles. The Bertz CT molecular complexity index is 161. The summed E-state index contributed by atoms with van der Waals surface area (Å²) in [6, 6.07) is 0. The summed E-state index contributed by atoms with van der Waals surface area (Å²) >= 11 is 0. The van der Waals surface area contributed by atoms with E-state index in [0.717, 1.165) is 17.8 Å². The summed E-state index contributed by atoms with van der Waals surface area (Å²) in [5.41, 5.74) is 0.460. The highest BCUT2D eigenvalue weighted by atomic mass is 14.4. The van der Waals surface area contributed by atoms with Crippen LogP contribution in [0, 0.1) is 23.2 Å². The smallest absolute Gasteiger partial charge is 0.0314 e. The molecule has 0 N–H and O–H groups in total. The largest absolute Gasteiger partial charge is 0.0654 e. The molecule has 2 unspecified atom stereocenters. The van der Waals surface area contributed by atoms with Crippen molar-refractivity contribution in [2.75, 3.05) is 0 Å². The lowest BCUT2D eigenvalue weighted by Gasteiger charge is -2.40. The van der Waals surface area contributed by atoms with Gasteiger partial charge in [-0.25, -0.2) is 0 Å². The van der Waals surface area contributed by atoms with Crippen LogP contribution in [0.15, 0.2) is 0 Å². The van der Waals surface area contributed by atoms with E-state index in [1.165, 1.54) is 32.1 Å². The third-order valence-electron chi connectivity index (χ3n) is 3.81. The summed E-state index contributed by atoms with van der Waals surface area (Å²) < 4.78 is 0. The Morgan fingerprint density at radius 3 is 1.75 bits per heavy atom. The van der Waals surface area contributed by atoms with E-state index in [-0.39, 0.29) is 0 Å². The van der Waals surface area contributed by atoms with Crippen LogP contribution in [0.3, 0.4) is 0 Å². The van der Waals surface area contributed by atoms with Gasteiger partial charge in [-0.15, -0.1) is 0 Å². The summed E-state index contributed by atoms with van der Waals surface area (Å²) in [5.74, 6) is 2.62. The van der Waals surface area contributed by atoms with E-state index >= 15 is 0 Å². The van der Waals surface area contributed by atoms with Crippen LogP contribution in [0.5, 0.6) is 0 Å². The number of rotatable bonds is 7. The molecular weight excluding hydrogens is 192 g/mol. The predicted molar refractivity (Wildman–Crippen MR) is 75.7 cm³/mol. The Morgan fingerprint density at radius 2 is 1.44 bits per heavy atom. The summed E-state index contributed by atoms with van der Waals surface area (Å²) in [6.07, 6.45) is 6.94. The molecule has 0 aromatic rings. The van der Waals surface area contributed by atoms with Crippen molar-refractivity contribution in [3.63, 3.8) is 0 Å². The molecule has 0 fully saturated rings. The van der Waals surface area contributed by atoms with Gasteiger partial charge < -0.3 is 0 Å². The first-order valence-electron chi connectivity index (χ1n) is 7.34. The minimum atomic E-state index is 0.460. The molecule has 0 aliphatic rings. The fourth-order valence-corrected chi connectivity index (χ4v) is 3.59. The van der Waals surface area contributed by atoms with E-state index < -0.39 is 0 Å². The van der Waals surface area contributed by atoms with Crippen molar-refractivity contribution in [1.29, 1.82) is 0 Å². The van der Waals surface area contributed by atoms with Gasteiger partial charge in [-0.3, -0.25) is 0 Å². The van der Waals surface area contributed by atoms with Gasteiger partial charge in [0.15, 0.2) is 0 Å². The van der Waals surface area contributed by atoms with E-state index in [0.29, 0.717) is 5.41 Å². The van der Waals surface area contributed by atoms with Gasteiger partial charge in [0.1, 0.15) is 0 Å². The van der Waals surface area contributed by atoms with Crippen LogP contribution in [0.4, 0.5) is 0 Å². The Hall–Kier alpha value is 0. The first-order chi connectivity index (χ1) is 7.34. The highest BCUT2D eigenvalue weighted by molar-refractivity contribution is 4.82. The fraction of sp³-hybridized carbons (Fsp3) is 1.00. The quantitative estimate of drug-likeness (QED) is 0.506. The monoisotopic (exact) mass is 226 g/mol. The number of unbranched alkanes of at least 4 members (excludes halogenated alkanes) is 1. The molecule has 0 radical (unpaired) electrons. The minimum Gasteiger partial charge on any atom is -0.0654 e. The van der Waals surface area contributed by atoms with Gasteiger partial charge in [0, 0.05) is 0 Å². The molecule has 0 heteroatoms. The Kier molecular flexibility index (Phi) is 7.35. The minimum absolute atomic E-state index is 0.460. The van der Waals surface area contributed by atoms with Crippen molar-refractivity contribution in [2.45, 2.75) is 80.6 Å². The molecule has 0 heterocycles. The lowest BCUT2D eigenvalue weighted by molar-refractivity contribution is 0.0912. The van der Waals surface area contributed by atoms with Gasteiger partial charge in [0.2, 0.25) is 0 Å². The lowest BCUT2D eigenvalue weighted by atomic mass is 9.65. The summed E-state index contributed by atoms with van der Waals surface area (Å²) in [4.78, 5) is 0. The molecule has 0 aliphatic heterocycles. The zero-order valence-corrected chi connectivity index (χ0v) is 12.8. The first-order valence-corrected chi connectivity index (χ1v) is 7.34. The van der Waals surface area contributed by atoms with Crippen LogP contribution in [0.2, 0.25) is 0 Å². The maximum absolute atomic E-state index is 2.42. The second-order valence-electron chi connectivity index (χ2n) is 6.83. The Morgan fingerprint density at radius 1 is 0.875 bits per heavy atom.